The molecule has 0 atom stereocenters. The summed E-state index contributed by atoms with van der Waals surface area (Å²) in [5.74, 6) is 0. The summed E-state index contributed by atoms with van der Waals surface area (Å²) in [4.78, 5) is 3.78. The van der Waals surface area contributed by atoms with Crippen LogP contribution in [-0.4, -0.2) is 18.4 Å². The number of thiocarbonyl (C=S) groups is 1. The van der Waals surface area contributed by atoms with E-state index in [9.17, 15) is 8.42 Å². The summed E-state index contributed by atoms with van der Waals surface area (Å²) in [5, 5.41) is 0. The highest BCUT2D eigenvalue weighted by molar-refractivity contribution is 9.11. The van der Waals surface area contributed by atoms with Crippen molar-refractivity contribution in [1.29, 1.82) is 0 Å². The summed E-state index contributed by atoms with van der Waals surface area (Å²) < 4.78 is 28.8. The van der Waals surface area contributed by atoms with Crippen LogP contribution in [0.25, 0.3) is 0 Å². The number of aromatic nitrogens is 1. The number of halogens is 2. The number of benzene rings is 1. The Morgan fingerprint density at radius 3 is 2.62 bits per heavy atom. The van der Waals surface area contributed by atoms with E-state index < -0.39 is 10.0 Å². The quantitative estimate of drug-likeness (QED) is 0.699. The minimum absolute atomic E-state index is 0.0627. The number of nitrogens with two attached hydrogens (primary N) is 1. The Kier molecular flexibility index (Phi) is 4.97. The molecule has 9 heteroatoms. The summed E-state index contributed by atoms with van der Waals surface area (Å²) in [6.07, 6.45) is 1.43. The van der Waals surface area contributed by atoms with Gasteiger partial charge in [0.2, 0.25) is 0 Å². The highest BCUT2D eigenvalue weighted by Gasteiger charge is 2.21. The number of nitrogens with one attached hydrogen (secondary N) is 1. The first-order valence-electron chi connectivity index (χ1n) is 5.54. The number of anilines is 1. The van der Waals surface area contributed by atoms with Crippen molar-refractivity contribution in [2.45, 2.75) is 4.90 Å². The van der Waals surface area contributed by atoms with Crippen LogP contribution in [0.4, 0.5) is 5.69 Å². The average molecular weight is 451 g/mol. The molecular weight excluding hydrogens is 442 g/mol. The van der Waals surface area contributed by atoms with Crippen molar-refractivity contribution in [3.05, 3.63) is 51.2 Å². The van der Waals surface area contributed by atoms with Crippen LogP contribution in [-0.2, 0) is 10.0 Å². The minimum atomic E-state index is -3.85. The highest BCUT2D eigenvalue weighted by atomic mass is 79.9. The van der Waals surface area contributed by atoms with Gasteiger partial charge in [0.05, 0.1) is 5.69 Å². The van der Waals surface area contributed by atoms with Crippen LogP contribution in [0.2, 0.25) is 0 Å². The molecule has 1 aromatic heterocycles. The van der Waals surface area contributed by atoms with Crippen molar-refractivity contribution in [2.24, 2.45) is 5.73 Å². The van der Waals surface area contributed by atoms with Crippen LogP contribution >= 0.6 is 44.1 Å². The number of hydrogen-bond donors (Lipinski definition) is 2. The molecule has 2 rings (SSSR count). The topological polar surface area (TPSA) is 85.1 Å². The average Bonchev–Trinajstić information content (AvgIpc) is 2.42. The van der Waals surface area contributed by atoms with Gasteiger partial charge in [0, 0.05) is 15.1 Å². The van der Waals surface area contributed by atoms with E-state index in [4.69, 9.17) is 18.0 Å². The molecule has 3 N–H and O–H groups in total. The molecule has 1 heterocycles. The van der Waals surface area contributed by atoms with Gasteiger partial charge in [0.15, 0.2) is 0 Å². The van der Waals surface area contributed by atoms with E-state index in [0.717, 1.165) is 4.47 Å². The number of nitrogens with zero attached hydrogens (tertiary/aromatic N) is 1. The molecule has 0 amide bonds. The normalized spacial score (nSPS) is 11.1. The van der Waals surface area contributed by atoms with Crippen molar-refractivity contribution in [3.8, 4) is 0 Å². The molecule has 0 bridgehead atoms. The summed E-state index contributed by atoms with van der Waals surface area (Å²) in [6, 6.07) is 7.99. The predicted octanol–water partition coefficient (Wildman–Crippen LogP) is 3.04. The van der Waals surface area contributed by atoms with Crippen molar-refractivity contribution in [2.75, 3.05) is 4.72 Å². The molecule has 0 saturated heterocycles. The largest absolute Gasteiger partial charge is 0.388 e. The van der Waals surface area contributed by atoms with Gasteiger partial charge < -0.3 is 5.73 Å². The predicted molar refractivity (Wildman–Crippen MR) is 92.8 cm³/mol. The number of hydrogen-bond acceptors (Lipinski definition) is 4. The van der Waals surface area contributed by atoms with Crippen LogP contribution in [0.5, 0.6) is 0 Å². The van der Waals surface area contributed by atoms with Gasteiger partial charge in [-0.2, -0.15) is 0 Å². The van der Waals surface area contributed by atoms with E-state index in [0.29, 0.717) is 10.2 Å². The van der Waals surface area contributed by atoms with E-state index in [1.165, 1.54) is 18.3 Å². The van der Waals surface area contributed by atoms with Crippen molar-refractivity contribution < 1.29 is 8.42 Å². The molecule has 0 aliphatic rings. The molecule has 0 spiro atoms. The van der Waals surface area contributed by atoms with E-state index in [-0.39, 0.29) is 15.6 Å². The molecule has 0 radical (unpaired) electrons. The smallest absolute Gasteiger partial charge is 0.264 e. The fourth-order valence-corrected chi connectivity index (χ4v) is 4.32. The van der Waals surface area contributed by atoms with Crippen LogP contribution in [0, 0.1) is 0 Å². The maximum atomic E-state index is 12.5. The van der Waals surface area contributed by atoms with Gasteiger partial charge in [0.25, 0.3) is 10.0 Å². The van der Waals surface area contributed by atoms with Crippen LogP contribution in [0.15, 0.2) is 50.4 Å². The molecular formula is C12H9Br2N3O2S2. The summed E-state index contributed by atoms with van der Waals surface area (Å²) >= 11 is 11.4. The molecule has 1 aromatic carbocycles. The Bertz CT molecular complexity index is 810. The molecule has 0 saturated carbocycles. The fraction of sp³-hybridized carbons (Fsp3) is 0. The summed E-state index contributed by atoms with van der Waals surface area (Å²) in [6.45, 7) is 0. The van der Waals surface area contributed by atoms with E-state index >= 15 is 0 Å². The molecule has 21 heavy (non-hydrogen) atoms. The van der Waals surface area contributed by atoms with Gasteiger partial charge in [0.1, 0.15) is 15.6 Å². The lowest BCUT2D eigenvalue weighted by Crippen LogP contribution is -2.21. The van der Waals surface area contributed by atoms with Crippen LogP contribution < -0.4 is 10.5 Å². The van der Waals surface area contributed by atoms with Gasteiger partial charge in [-0.1, -0.05) is 28.1 Å². The first-order chi connectivity index (χ1) is 9.81. The third-order valence-electron chi connectivity index (χ3n) is 2.47. The van der Waals surface area contributed by atoms with Gasteiger partial charge in [-0.15, -0.1) is 0 Å². The van der Waals surface area contributed by atoms with Gasteiger partial charge in [-0.3, -0.25) is 9.71 Å². The van der Waals surface area contributed by atoms with Crippen molar-refractivity contribution in [1.82, 2.24) is 4.98 Å². The zero-order valence-electron chi connectivity index (χ0n) is 10.4. The van der Waals surface area contributed by atoms with Crippen molar-refractivity contribution >= 4 is 64.8 Å². The Labute approximate surface area is 144 Å². The number of pyridine rings is 1. The Balaban J connectivity index is 2.46. The molecule has 2 aromatic rings. The van der Waals surface area contributed by atoms with Crippen LogP contribution in [0.3, 0.4) is 0 Å². The zero-order valence-corrected chi connectivity index (χ0v) is 15.2. The molecule has 0 aliphatic carbocycles. The molecule has 110 valence electrons. The molecule has 0 fully saturated rings. The molecule has 5 nitrogen and oxygen atoms in total. The van der Waals surface area contributed by atoms with Gasteiger partial charge >= 0.3 is 0 Å². The van der Waals surface area contributed by atoms with E-state index in [2.05, 4.69) is 41.6 Å². The van der Waals surface area contributed by atoms with Crippen LogP contribution in [0.1, 0.15) is 5.69 Å². The van der Waals surface area contributed by atoms with Gasteiger partial charge in [-0.25, -0.2) is 8.42 Å². The minimum Gasteiger partial charge on any atom is -0.388 e. The molecule has 0 aliphatic heterocycles. The highest BCUT2D eigenvalue weighted by Crippen LogP contribution is 2.28. The van der Waals surface area contributed by atoms with Crippen molar-refractivity contribution in [3.63, 3.8) is 0 Å². The Hall–Kier alpha value is -1.03. The second kappa shape index (κ2) is 6.39. The summed E-state index contributed by atoms with van der Waals surface area (Å²) in [7, 11) is -3.85. The maximum Gasteiger partial charge on any atom is 0.264 e. The number of sulfonamides is 1. The Morgan fingerprint density at radius 1 is 1.29 bits per heavy atom. The lowest BCUT2D eigenvalue weighted by atomic mass is 10.3. The van der Waals surface area contributed by atoms with E-state index in [1.807, 2.05) is 0 Å². The lowest BCUT2D eigenvalue weighted by molar-refractivity contribution is 0.600. The second-order valence-electron chi connectivity index (χ2n) is 3.94. The first kappa shape index (κ1) is 16.3. The lowest BCUT2D eigenvalue weighted by Gasteiger charge is -2.12. The van der Waals surface area contributed by atoms with Gasteiger partial charge in [-0.05, 0) is 46.3 Å². The molecule has 0 unspecified atom stereocenters. The SMILES string of the molecule is NC(=S)c1ncccc1S(=O)(=O)Nc1ccc(Br)cc1Br. The second-order valence-corrected chi connectivity index (χ2v) is 7.80. The fourth-order valence-electron chi connectivity index (χ4n) is 1.56. The maximum absolute atomic E-state index is 12.5. The third-order valence-corrected chi connectivity index (χ3v) is 5.21. The standard InChI is InChI=1S/C12H9Br2N3O2S2/c13-7-3-4-9(8(14)6-7)17-21(18,19)10-2-1-5-16-11(10)12(15)20/h1-6,17H,(H2,15,20). The third kappa shape index (κ3) is 3.79. The van der Waals surface area contributed by atoms with E-state index in [1.54, 1.807) is 18.2 Å². The summed E-state index contributed by atoms with van der Waals surface area (Å²) in [5.41, 5.74) is 5.98. The Morgan fingerprint density at radius 2 is 2.00 bits per heavy atom. The number of rotatable bonds is 4. The first-order valence-corrected chi connectivity index (χ1v) is 9.01. The monoisotopic (exact) mass is 449 g/mol. The zero-order chi connectivity index (χ0) is 15.6.